The van der Waals surface area contributed by atoms with Gasteiger partial charge in [-0.25, -0.2) is 0 Å². The Morgan fingerprint density at radius 2 is 2.27 bits per heavy atom. The fraction of sp³-hybridized carbons (Fsp3) is 0.529. The second-order valence-corrected chi connectivity index (χ2v) is 6.75. The van der Waals surface area contributed by atoms with Gasteiger partial charge in [0.2, 0.25) is 5.76 Å². The highest BCUT2D eigenvalue weighted by molar-refractivity contribution is 6.03. The molecule has 1 saturated heterocycles. The number of nitrogens with one attached hydrogen (secondary N) is 2. The lowest BCUT2D eigenvalue weighted by molar-refractivity contribution is 0.0913. The number of carbonyl (C=O) groups is 1. The number of aromatic nitrogens is 1. The maximum absolute atomic E-state index is 12.4. The molecule has 2 heterocycles. The van der Waals surface area contributed by atoms with Gasteiger partial charge in [0.25, 0.3) is 5.91 Å². The molecule has 1 saturated carbocycles. The Morgan fingerprint density at radius 1 is 1.41 bits per heavy atom. The van der Waals surface area contributed by atoms with E-state index >= 15 is 0 Å². The average molecular weight is 299 g/mol. The average Bonchev–Trinajstić information content (AvgIpc) is 3.18. The standard InChI is InChI=1S/C17H21N3O2/c1-10-6-11-8-18-15(13(11)7-10)9-19-17(21)16-12-4-2-3-5-14(12)20-22-16/h2-5,10-11,13,15,18H,6-9H2,1H3,(H,19,21)/t10?,11-,13-,15+/m0/s1. The van der Waals surface area contributed by atoms with Crippen LogP contribution in [-0.2, 0) is 0 Å². The van der Waals surface area contributed by atoms with Crippen LogP contribution in [-0.4, -0.2) is 30.2 Å². The summed E-state index contributed by atoms with van der Waals surface area (Å²) in [6.45, 7) is 4.07. The van der Waals surface area contributed by atoms with Crippen LogP contribution in [0.1, 0.15) is 30.3 Å². The third-order valence-electron chi connectivity index (χ3n) is 5.22. The molecule has 0 bridgehead atoms. The van der Waals surface area contributed by atoms with E-state index in [4.69, 9.17) is 4.52 Å². The molecule has 4 rings (SSSR count). The fourth-order valence-electron chi connectivity index (χ4n) is 4.19. The summed E-state index contributed by atoms with van der Waals surface area (Å²) in [5.41, 5.74) is 0.719. The van der Waals surface area contributed by atoms with Crippen LogP contribution in [0.25, 0.3) is 10.9 Å². The van der Waals surface area contributed by atoms with Crippen molar-refractivity contribution in [3.05, 3.63) is 30.0 Å². The zero-order valence-corrected chi connectivity index (χ0v) is 12.7. The number of rotatable bonds is 3. The van der Waals surface area contributed by atoms with E-state index in [0.29, 0.717) is 24.3 Å². The summed E-state index contributed by atoms with van der Waals surface area (Å²) in [7, 11) is 0. The van der Waals surface area contributed by atoms with Crippen LogP contribution in [0.15, 0.2) is 28.8 Å². The van der Waals surface area contributed by atoms with Gasteiger partial charge in [-0.05, 0) is 49.3 Å². The first-order chi connectivity index (χ1) is 10.7. The van der Waals surface area contributed by atoms with Crippen LogP contribution in [0, 0.1) is 17.8 Å². The fourth-order valence-corrected chi connectivity index (χ4v) is 4.19. The number of carbonyl (C=O) groups excluding carboxylic acids is 1. The van der Waals surface area contributed by atoms with E-state index in [2.05, 4.69) is 22.7 Å². The van der Waals surface area contributed by atoms with Crippen LogP contribution in [0.3, 0.4) is 0 Å². The highest BCUT2D eigenvalue weighted by atomic mass is 16.5. The Labute approximate surface area is 129 Å². The van der Waals surface area contributed by atoms with Crippen LogP contribution in [0.4, 0.5) is 0 Å². The number of hydrogen-bond donors (Lipinski definition) is 2. The van der Waals surface area contributed by atoms with Crippen molar-refractivity contribution < 1.29 is 9.32 Å². The molecule has 5 nitrogen and oxygen atoms in total. The van der Waals surface area contributed by atoms with Crippen LogP contribution in [0.5, 0.6) is 0 Å². The molecular weight excluding hydrogens is 278 g/mol. The van der Waals surface area contributed by atoms with Crippen molar-refractivity contribution in [2.75, 3.05) is 13.1 Å². The molecule has 2 N–H and O–H groups in total. The van der Waals surface area contributed by atoms with Crippen LogP contribution < -0.4 is 10.6 Å². The summed E-state index contributed by atoms with van der Waals surface area (Å²) in [6, 6.07) is 7.87. The molecular formula is C17H21N3O2. The number of fused-ring (bicyclic) bond motifs is 2. The van der Waals surface area contributed by atoms with Gasteiger partial charge in [0, 0.05) is 12.6 Å². The molecule has 1 aromatic carbocycles. The number of hydrogen-bond acceptors (Lipinski definition) is 4. The lowest BCUT2D eigenvalue weighted by Gasteiger charge is -2.18. The Morgan fingerprint density at radius 3 is 3.18 bits per heavy atom. The normalized spacial score (nSPS) is 30.6. The van der Waals surface area contributed by atoms with E-state index in [-0.39, 0.29) is 5.91 Å². The van der Waals surface area contributed by atoms with E-state index in [1.54, 1.807) is 0 Å². The van der Waals surface area contributed by atoms with Crippen LogP contribution in [0.2, 0.25) is 0 Å². The monoisotopic (exact) mass is 299 g/mol. The molecule has 2 aromatic rings. The van der Waals surface area contributed by atoms with Crippen molar-refractivity contribution in [1.82, 2.24) is 15.8 Å². The molecule has 5 heteroatoms. The van der Waals surface area contributed by atoms with E-state index in [0.717, 1.165) is 29.3 Å². The SMILES string of the molecule is CC1C[C@H]2CN[C@H](CNC(=O)c3onc4ccccc34)[C@H]2C1. The van der Waals surface area contributed by atoms with Gasteiger partial charge in [-0.15, -0.1) is 0 Å². The Bertz CT molecular complexity index is 696. The van der Waals surface area contributed by atoms with Crippen molar-refractivity contribution >= 4 is 16.8 Å². The predicted molar refractivity (Wildman–Crippen MR) is 83.5 cm³/mol. The summed E-state index contributed by atoms with van der Waals surface area (Å²) >= 11 is 0. The minimum absolute atomic E-state index is 0.176. The summed E-state index contributed by atoms with van der Waals surface area (Å²) in [5, 5.41) is 11.3. The highest BCUT2D eigenvalue weighted by Gasteiger charge is 2.41. The second kappa shape index (κ2) is 5.39. The Balaban J connectivity index is 1.43. The van der Waals surface area contributed by atoms with Crippen molar-refractivity contribution in [1.29, 1.82) is 0 Å². The molecule has 22 heavy (non-hydrogen) atoms. The zero-order chi connectivity index (χ0) is 15.1. The second-order valence-electron chi connectivity index (χ2n) is 6.75. The van der Waals surface area contributed by atoms with Crippen LogP contribution >= 0.6 is 0 Å². The number of benzene rings is 1. The summed E-state index contributed by atoms with van der Waals surface area (Å²) < 4.78 is 5.21. The maximum atomic E-state index is 12.4. The van der Waals surface area contributed by atoms with E-state index in [1.165, 1.54) is 12.8 Å². The molecule has 1 unspecified atom stereocenters. The van der Waals surface area contributed by atoms with Gasteiger partial charge >= 0.3 is 0 Å². The van der Waals surface area contributed by atoms with Crippen molar-refractivity contribution in [2.45, 2.75) is 25.8 Å². The molecule has 4 atom stereocenters. The summed E-state index contributed by atoms with van der Waals surface area (Å²) in [6.07, 6.45) is 2.58. The third-order valence-corrected chi connectivity index (χ3v) is 5.22. The largest absolute Gasteiger partial charge is 0.350 e. The van der Waals surface area contributed by atoms with Gasteiger partial charge in [-0.2, -0.15) is 0 Å². The quantitative estimate of drug-likeness (QED) is 0.911. The minimum atomic E-state index is -0.176. The molecule has 116 valence electrons. The minimum Gasteiger partial charge on any atom is -0.350 e. The van der Waals surface area contributed by atoms with E-state index in [9.17, 15) is 4.79 Å². The molecule has 0 radical (unpaired) electrons. The Hall–Kier alpha value is -1.88. The Kier molecular flexibility index (Phi) is 3.37. The van der Waals surface area contributed by atoms with Crippen molar-refractivity contribution in [2.24, 2.45) is 17.8 Å². The van der Waals surface area contributed by atoms with Gasteiger partial charge in [0.1, 0.15) is 5.52 Å². The van der Waals surface area contributed by atoms with E-state index in [1.807, 2.05) is 24.3 Å². The predicted octanol–water partition coefficient (Wildman–Crippen LogP) is 2.19. The molecule has 1 aromatic heterocycles. The summed E-state index contributed by atoms with van der Waals surface area (Å²) in [5.74, 6) is 2.42. The first-order valence-electron chi connectivity index (χ1n) is 8.08. The van der Waals surface area contributed by atoms with Gasteiger partial charge in [0.15, 0.2) is 0 Å². The van der Waals surface area contributed by atoms with Crippen molar-refractivity contribution in [3.8, 4) is 0 Å². The maximum Gasteiger partial charge on any atom is 0.290 e. The van der Waals surface area contributed by atoms with Crippen molar-refractivity contribution in [3.63, 3.8) is 0 Å². The van der Waals surface area contributed by atoms with Gasteiger partial charge in [-0.3, -0.25) is 4.79 Å². The molecule has 2 aliphatic rings. The van der Waals surface area contributed by atoms with Gasteiger partial charge < -0.3 is 15.2 Å². The lowest BCUT2D eigenvalue weighted by Crippen LogP contribution is -2.40. The third kappa shape index (κ3) is 2.29. The number of amides is 1. The molecule has 1 aliphatic carbocycles. The zero-order valence-electron chi connectivity index (χ0n) is 12.7. The molecule has 1 amide bonds. The molecule has 2 fully saturated rings. The summed E-state index contributed by atoms with van der Waals surface area (Å²) in [4.78, 5) is 12.4. The number of nitrogens with zero attached hydrogens (tertiary/aromatic N) is 1. The van der Waals surface area contributed by atoms with Gasteiger partial charge in [0.05, 0.1) is 5.39 Å². The van der Waals surface area contributed by atoms with Gasteiger partial charge in [-0.1, -0.05) is 24.2 Å². The topological polar surface area (TPSA) is 67.2 Å². The first-order valence-corrected chi connectivity index (χ1v) is 8.08. The van der Waals surface area contributed by atoms with E-state index < -0.39 is 0 Å². The lowest BCUT2D eigenvalue weighted by atomic mass is 9.94. The highest BCUT2D eigenvalue weighted by Crippen LogP contribution is 2.40. The molecule has 1 aliphatic heterocycles. The smallest absolute Gasteiger partial charge is 0.290 e. The first kappa shape index (κ1) is 13.8. The molecule has 0 spiro atoms.